The van der Waals surface area contributed by atoms with Gasteiger partial charge in [-0.2, -0.15) is 13.2 Å². The second-order valence-electron chi connectivity index (χ2n) is 4.79. The van der Waals surface area contributed by atoms with Gasteiger partial charge in [0.15, 0.2) is 0 Å². The number of hydrogen-bond acceptors (Lipinski definition) is 1. The van der Waals surface area contributed by atoms with Gasteiger partial charge in [-0.15, -0.1) is 0 Å². The van der Waals surface area contributed by atoms with Crippen molar-refractivity contribution in [1.29, 1.82) is 0 Å². The molecule has 0 aromatic heterocycles. The molecule has 2 atom stereocenters. The highest BCUT2D eigenvalue weighted by atomic mass is 19.4. The van der Waals surface area contributed by atoms with Gasteiger partial charge in [0, 0.05) is 6.04 Å². The first-order valence-electron chi connectivity index (χ1n) is 6.27. The molecule has 1 nitrogen and oxygen atoms in total. The van der Waals surface area contributed by atoms with Crippen molar-refractivity contribution in [1.82, 2.24) is 0 Å². The third-order valence-electron chi connectivity index (χ3n) is 3.25. The van der Waals surface area contributed by atoms with E-state index in [-0.39, 0.29) is 18.4 Å². The largest absolute Gasteiger partial charge is 0.416 e. The van der Waals surface area contributed by atoms with Gasteiger partial charge in [0.05, 0.1) is 5.56 Å². The fourth-order valence-electron chi connectivity index (χ4n) is 2.10. The van der Waals surface area contributed by atoms with E-state index < -0.39 is 11.7 Å². The molecule has 0 aliphatic carbocycles. The molecule has 18 heavy (non-hydrogen) atoms. The molecule has 0 radical (unpaired) electrons. The highest BCUT2D eigenvalue weighted by Crippen LogP contribution is 2.32. The topological polar surface area (TPSA) is 26.0 Å². The van der Waals surface area contributed by atoms with Crippen molar-refractivity contribution in [3.05, 3.63) is 35.4 Å². The molecule has 2 N–H and O–H groups in total. The van der Waals surface area contributed by atoms with Crippen LogP contribution in [-0.4, -0.2) is 6.04 Å². The molecule has 1 aromatic rings. The molecule has 2 unspecified atom stereocenters. The minimum Gasteiger partial charge on any atom is -0.327 e. The standard InChI is InChI=1S/C14H20F3N/c1-3-6-10(2)13(18)9-11-7-4-5-8-12(11)14(15,16)17/h4-5,7-8,10,13H,3,6,9,18H2,1-2H3. The van der Waals surface area contributed by atoms with Crippen LogP contribution < -0.4 is 5.73 Å². The van der Waals surface area contributed by atoms with Crippen molar-refractivity contribution < 1.29 is 13.2 Å². The van der Waals surface area contributed by atoms with Crippen LogP contribution in [0.25, 0.3) is 0 Å². The van der Waals surface area contributed by atoms with Crippen molar-refractivity contribution in [2.75, 3.05) is 0 Å². The van der Waals surface area contributed by atoms with Crippen molar-refractivity contribution in [3.8, 4) is 0 Å². The van der Waals surface area contributed by atoms with E-state index in [9.17, 15) is 13.2 Å². The van der Waals surface area contributed by atoms with Gasteiger partial charge in [-0.1, -0.05) is 38.5 Å². The van der Waals surface area contributed by atoms with Gasteiger partial charge in [-0.3, -0.25) is 0 Å². The van der Waals surface area contributed by atoms with Crippen LogP contribution in [0.2, 0.25) is 0 Å². The lowest BCUT2D eigenvalue weighted by atomic mass is 9.90. The Bertz CT molecular complexity index is 374. The Labute approximate surface area is 106 Å². The molecule has 0 bridgehead atoms. The van der Waals surface area contributed by atoms with E-state index in [1.54, 1.807) is 6.07 Å². The highest BCUT2D eigenvalue weighted by Gasteiger charge is 2.33. The van der Waals surface area contributed by atoms with Crippen LogP contribution in [0.15, 0.2) is 24.3 Å². The predicted molar refractivity (Wildman–Crippen MR) is 67.2 cm³/mol. The molecular formula is C14H20F3N. The van der Waals surface area contributed by atoms with Gasteiger partial charge in [0.1, 0.15) is 0 Å². The Kier molecular flexibility index (Phi) is 5.20. The fraction of sp³-hybridized carbons (Fsp3) is 0.571. The Morgan fingerprint density at radius 1 is 1.22 bits per heavy atom. The Balaban J connectivity index is 2.85. The quantitative estimate of drug-likeness (QED) is 0.849. The summed E-state index contributed by atoms with van der Waals surface area (Å²) >= 11 is 0. The van der Waals surface area contributed by atoms with E-state index in [1.807, 2.05) is 13.8 Å². The van der Waals surface area contributed by atoms with Crippen molar-refractivity contribution in [2.45, 2.75) is 45.3 Å². The second-order valence-corrected chi connectivity index (χ2v) is 4.79. The van der Waals surface area contributed by atoms with Crippen LogP contribution in [0.1, 0.15) is 37.8 Å². The van der Waals surface area contributed by atoms with Crippen LogP contribution in [0, 0.1) is 5.92 Å². The molecule has 0 amide bonds. The lowest BCUT2D eigenvalue weighted by Gasteiger charge is -2.21. The normalized spacial score (nSPS) is 15.4. The van der Waals surface area contributed by atoms with Crippen LogP contribution in [0.4, 0.5) is 13.2 Å². The molecule has 4 heteroatoms. The predicted octanol–water partition coefficient (Wildman–Crippen LogP) is 4.01. The maximum atomic E-state index is 12.8. The van der Waals surface area contributed by atoms with Gasteiger partial charge >= 0.3 is 6.18 Å². The average Bonchev–Trinajstić information content (AvgIpc) is 2.28. The third-order valence-corrected chi connectivity index (χ3v) is 3.25. The molecular weight excluding hydrogens is 239 g/mol. The monoisotopic (exact) mass is 259 g/mol. The molecule has 0 aliphatic rings. The summed E-state index contributed by atoms with van der Waals surface area (Å²) in [6.07, 6.45) is -2.09. The molecule has 102 valence electrons. The van der Waals surface area contributed by atoms with Gasteiger partial charge < -0.3 is 5.73 Å². The average molecular weight is 259 g/mol. The van der Waals surface area contributed by atoms with Crippen molar-refractivity contribution >= 4 is 0 Å². The first-order chi connectivity index (χ1) is 8.36. The molecule has 0 saturated heterocycles. The van der Waals surface area contributed by atoms with Gasteiger partial charge in [-0.25, -0.2) is 0 Å². The first-order valence-corrected chi connectivity index (χ1v) is 6.27. The smallest absolute Gasteiger partial charge is 0.327 e. The number of rotatable bonds is 5. The molecule has 1 rings (SSSR count). The maximum absolute atomic E-state index is 12.8. The summed E-state index contributed by atoms with van der Waals surface area (Å²) in [4.78, 5) is 0. The van der Waals surface area contributed by atoms with Crippen LogP contribution in [0.3, 0.4) is 0 Å². The van der Waals surface area contributed by atoms with Gasteiger partial charge in [-0.05, 0) is 30.4 Å². The van der Waals surface area contributed by atoms with E-state index >= 15 is 0 Å². The van der Waals surface area contributed by atoms with E-state index in [2.05, 4.69) is 0 Å². The summed E-state index contributed by atoms with van der Waals surface area (Å²) in [6.45, 7) is 4.04. The molecule has 0 spiro atoms. The Morgan fingerprint density at radius 2 is 1.83 bits per heavy atom. The highest BCUT2D eigenvalue weighted by molar-refractivity contribution is 5.30. The third kappa shape index (κ3) is 4.02. The molecule has 0 aliphatic heterocycles. The van der Waals surface area contributed by atoms with E-state index in [0.717, 1.165) is 18.9 Å². The first kappa shape index (κ1) is 15.0. The number of halogens is 3. The minimum absolute atomic E-state index is 0.228. The van der Waals surface area contributed by atoms with Crippen molar-refractivity contribution in [3.63, 3.8) is 0 Å². The lowest BCUT2D eigenvalue weighted by Crippen LogP contribution is -2.31. The summed E-state index contributed by atoms with van der Waals surface area (Å²) in [7, 11) is 0. The zero-order chi connectivity index (χ0) is 13.8. The zero-order valence-electron chi connectivity index (χ0n) is 10.8. The Morgan fingerprint density at radius 3 is 2.39 bits per heavy atom. The van der Waals surface area contributed by atoms with E-state index in [0.29, 0.717) is 5.56 Å². The number of hydrogen-bond donors (Lipinski definition) is 1. The fourth-order valence-corrected chi connectivity index (χ4v) is 2.10. The van der Waals surface area contributed by atoms with E-state index in [4.69, 9.17) is 5.73 Å². The summed E-state index contributed by atoms with van der Waals surface area (Å²) in [5.74, 6) is 0.233. The lowest BCUT2D eigenvalue weighted by molar-refractivity contribution is -0.138. The molecule has 0 saturated carbocycles. The number of benzene rings is 1. The number of nitrogens with two attached hydrogens (primary N) is 1. The van der Waals surface area contributed by atoms with Gasteiger partial charge in [0.25, 0.3) is 0 Å². The summed E-state index contributed by atoms with van der Waals surface area (Å²) in [5.41, 5.74) is 5.71. The van der Waals surface area contributed by atoms with Crippen LogP contribution in [0.5, 0.6) is 0 Å². The van der Waals surface area contributed by atoms with Crippen LogP contribution in [-0.2, 0) is 12.6 Å². The maximum Gasteiger partial charge on any atom is 0.416 e. The van der Waals surface area contributed by atoms with Crippen molar-refractivity contribution in [2.24, 2.45) is 11.7 Å². The SMILES string of the molecule is CCCC(C)C(N)Cc1ccccc1C(F)(F)F. The number of alkyl halides is 3. The summed E-state index contributed by atoms with van der Waals surface area (Å²) in [5, 5.41) is 0. The summed E-state index contributed by atoms with van der Waals surface area (Å²) in [6, 6.07) is 5.44. The Hall–Kier alpha value is -1.03. The zero-order valence-corrected chi connectivity index (χ0v) is 10.8. The van der Waals surface area contributed by atoms with E-state index in [1.165, 1.54) is 12.1 Å². The van der Waals surface area contributed by atoms with Gasteiger partial charge in [0.2, 0.25) is 0 Å². The van der Waals surface area contributed by atoms with Crippen LogP contribution >= 0.6 is 0 Å². The minimum atomic E-state index is -4.30. The molecule has 0 heterocycles. The second kappa shape index (κ2) is 6.23. The molecule has 0 fully saturated rings. The summed E-state index contributed by atoms with van der Waals surface area (Å²) < 4.78 is 38.4. The molecule has 1 aromatic carbocycles.